The molecule has 0 spiro atoms. The van der Waals surface area contributed by atoms with Gasteiger partial charge in [0, 0.05) is 29.2 Å². The quantitative estimate of drug-likeness (QED) is 0.872. The van der Waals surface area contributed by atoms with Gasteiger partial charge in [-0.05, 0) is 18.6 Å². The number of rotatable bonds is 2. The van der Waals surface area contributed by atoms with Gasteiger partial charge in [-0.2, -0.15) is 0 Å². The van der Waals surface area contributed by atoms with Crippen molar-refractivity contribution in [2.45, 2.75) is 23.5 Å². The largest absolute Gasteiger partial charge is 0.487 e. The average molecular weight is 251 g/mol. The molecule has 3 atom stereocenters. The maximum Gasteiger partial charge on any atom is 0.133 e. The van der Waals surface area contributed by atoms with E-state index in [4.69, 9.17) is 15.2 Å². The van der Waals surface area contributed by atoms with Gasteiger partial charge in [0.05, 0.1) is 6.61 Å². The molecule has 2 aliphatic heterocycles. The molecule has 0 amide bonds. The van der Waals surface area contributed by atoms with Crippen molar-refractivity contribution < 1.29 is 9.47 Å². The number of para-hydroxylation sites is 1. The fourth-order valence-electron chi connectivity index (χ4n) is 2.39. The minimum atomic E-state index is 0.0818. The van der Waals surface area contributed by atoms with Crippen LogP contribution in [-0.2, 0) is 4.74 Å². The first-order valence-electron chi connectivity index (χ1n) is 6.06. The highest BCUT2D eigenvalue weighted by molar-refractivity contribution is 7.99. The summed E-state index contributed by atoms with van der Waals surface area (Å²) in [6, 6.07) is 8.25. The van der Waals surface area contributed by atoms with Crippen molar-refractivity contribution in [3.63, 3.8) is 0 Å². The number of hydrogen-bond donors (Lipinski definition) is 1. The summed E-state index contributed by atoms with van der Waals surface area (Å²) in [7, 11) is 0. The molecule has 0 aromatic heterocycles. The van der Waals surface area contributed by atoms with Crippen LogP contribution >= 0.6 is 11.8 Å². The van der Waals surface area contributed by atoms with Crippen LogP contribution in [0.4, 0.5) is 0 Å². The van der Waals surface area contributed by atoms with E-state index in [1.54, 1.807) is 0 Å². The normalized spacial score (nSPS) is 29.5. The smallest absolute Gasteiger partial charge is 0.133 e. The Morgan fingerprint density at radius 2 is 2.24 bits per heavy atom. The lowest BCUT2D eigenvalue weighted by Crippen LogP contribution is -2.47. The maximum absolute atomic E-state index is 6.29. The SMILES string of the molecule is NC(C1CCOC1)C1CSc2ccccc2O1. The molecule has 0 bridgehead atoms. The topological polar surface area (TPSA) is 44.5 Å². The van der Waals surface area contributed by atoms with E-state index >= 15 is 0 Å². The molecule has 2 N–H and O–H groups in total. The Bertz CT molecular complexity index is 393. The summed E-state index contributed by atoms with van der Waals surface area (Å²) in [5.74, 6) is 2.36. The summed E-state index contributed by atoms with van der Waals surface area (Å²) in [4.78, 5) is 1.22. The zero-order chi connectivity index (χ0) is 11.7. The molecule has 3 unspecified atom stereocenters. The predicted octanol–water partition coefficient (Wildman–Crippen LogP) is 1.90. The van der Waals surface area contributed by atoms with E-state index in [9.17, 15) is 0 Å². The second kappa shape index (κ2) is 4.88. The van der Waals surface area contributed by atoms with Crippen molar-refractivity contribution >= 4 is 11.8 Å². The second-order valence-corrected chi connectivity index (χ2v) is 5.68. The zero-order valence-electron chi connectivity index (χ0n) is 9.67. The monoisotopic (exact) mass is 251 g/mol. The Kier molecular flexibility index (Phi) is 3.27. The highest BCUT2D eigenvalue weighted by atomic mass is 32.2. The Labute approximate surface area is 106 Å². The Balaban J connectivity index is 1.70. The molecular formula is C13H17NO2S. The number of hydrogen-bond acceptors (Lipinski definition) is 4. The lowest BCUT2D eigenvalue weighted by Gasteiger charge is -2.32. The molecule has 1 aromatic rings. The summed E-state index contributed by atoms with van der Waals surface area (Å²) < 4.78 is 11.4. The third-order valence-electron chi connectivity index (χ3n) is 3.47. The molecule has 3 nitrogen and oxygen atoms in total. The van der Waals surface area contributed by atoms with Crippen LogP contribution in [0.15, 0.2) is 29.2 Å². The molecule has 1 aromatic carbocycles. The van der Waals surface area contributed by atoms with Crippen LogP contribution in [0.2, 0.25) is 0 Å². The van der Waals surface area contributed by atoms with Crippen LogP contribution in [0.1, 0.15) is 6.42 Å². The third-order valence-corrected chi connectivity index (χ3v) is 4.61. The van der Waals surface area contributed by atoms with Gasteiger partial charge in [0.2, 0.25) is 0 Å². The van der Waals surface area contributed by atoms with E-state index in [0.717, 1.165) is 31.1 Å². The van der Waals surface area contributed by atoms with Crippen molar-refractivity contribution in [1.82, 2.24) is 0 Å². The van der Waals surface area contributed by atoms with Gasteiger partial charge in [-0.25, -0.2) is 0 Å². The number of nitrogens with two attached hydrogens (primary N) is 1. The van der Waals surface area contributed by atoms with Crippen LogP contribution in [-0.4, -0.2) is 31.1 Å². The van der Waals surface area contributed by atoms with Crippen LogP contribution in [0.5, 0.6) is 5.75 Å². The van der Waals surface area contributed by atoms with E-state index in [0.29, 0.717) is 5.92 Å². The first-order valence-corrected chi connectivity index (χ1v) is 7.05. The van der Waals surface area contributed by atoms with Gasteiger partial charge in [0.15, 0.2) is 0 Å². The molecule has 17 heavy (non-hydrogen) atoms. The Morgan fingerprint density at radius 1 is 1.35 bits per heavy atom. The standard InChI is InChI=1S/C13H17NO2S/c14-13(9-5-6-15-7-9)11-8-17-12-4-2-1-3-10(12)16-11/h1-4,9,11,13H,5-8,14H2. The molecule has 2 aliphatic rings. The first-order chi connectivity index (χ1) is 8.34. The number of ether oxygens (including phenoxy) is 2. The molecule has 3 rings (SSSR count). The highest BCUT2D eigenvalue weighted by Gasteiger charge is 2.33. The molecule has 0 saturated carbocycles. The minimum Gasteiger partial charge on any atom is -0.487 e. The van der Waals surface area contributed by atoms with E-state index in [-0.39, 0.29) is 12.1 Å². The van der Waals surface area contributed by atoms with E-state index < -0.39 is 0 Å². The molecule has 2 heterocycles. The second-order valence-electron chi connectivity index (χ2n) is 4.62. The molecule has 1 saturated heterocycles. The summed E-state index contributed by atoms with van der Waals surface area (Å²) in [6.45, 7) is 1.63. The van der Waals surface area contributed by atoms with Gasteiger partial charge in [-0.1, -0.05) is 12.1 Å². The van der Waals surface area contributed by atoms with Gasteiger partial charge >= 0.3 is 0 Å². The third kappa shape index (κ3) is 2.30. The molecule has 92 valence electrons. The molecular weight excluding hydrogens is 234 g/mol. The van der Waals surface area contributed by atoms with E-state index in [1.165, 1.54) is 4.90 Å². The van der Waals surface area contributed by atoms with Gasteiger partial charge in [0.1, 0.15) is 11.9 Å². The summed E-state index contributed by atoms with van der Waals surface area (Å²) in [5.41, 5.74) is 6.29. The summed E-state index contributed by atoms with van der Waals surface area (Å²) in [5, 5.41) is 0. The van der Waals surface area contributed by atoms with Crippen molar-refractivity contribution in [2.24, 2.45) is 11.7 Å². The van der Waals surface area contributed by atoms with Crippen molar-refractivity contribution in [2.75, 3.05) is 19.0 Å². The van der Waals surface area contributed by atoms with Gasteiger partial charge < -0.3 is 15.2 Å². The number of benzene rings is 1. The van der Waals surface area contributed by atoms with Crippen LogP contribution < -0.4 is 10.5 Å². The highest BCUT2D eigenvalue weighted by Crippen LogP contribution is 2.36. The van der Waals surface area contributed by atoms with Gasteiger partial charge in [0.25, 0.3) is 0 Å². The van der Waals surface area contributed by atoms with Crippen molar-refractivity contribution in [1.29, 1.82) is 0 Å². The fourth-order valence-corrected chi connectivity index (χ4v) is 3.45. The zero-order valence-corrected chi connectivity index (χ0v) is 10.5. The fraction of sp³-hybridized carbons (Fsp3) is 0.538. The molecule has 1 fully saturated rings. The van der Waals surface area contributed by atoms with Gasteiger partial charge in [-0.15, -0.1) is 11.8 Å². The van der Waals surface area contributed by atoms with Crippen molar-refractivity contribution in [3.8, 4) is 5.75 Å². The Hall–Kier alpha value is -0.710. The van der Waals surface area contributed by atoms with Crippen LogP contribution in [0.25, 0.3) is 0 Å². The van der Waals surface area contributed by atoms with E-state index in [1.807, 2.05) is 30.0 Å². The van der Waals surface area contributed by atoms with Gasteiger partial charge in [-0.3, -0.25) is 0 Å². The minimum absolute atomic E-state index is 0.0818. The van der Waals surface area contributed by atoms with E-state index in [2.05, 4.69) is 6.07 Å². The average Bonchev–Trinajstić information content (AvgIpc) is 2.91. The number of thioether (sulfide) groups is 1. The summed E-state index contributed by atoms with van der Waals surface area (Å²) >= 11 is 1.84. The Morgan fingerprint density at radius 3 is 3.06 bits per heavy atom. The lowest BCUT2D eigenvalue weighted by atomic mass is 9.95. The lowest BCUT2D eigenvalue weighted by molar-refractivity contribution is 0.134. The molecule has 4 heteroatoms. The molecule has 0 radical (unpaired) electrons. The molecule has 0 aliphatic carbocycles. The van der Waals surface area contributed by atoms with Crippen molar-refractivity contribution in [3.05, 3.63) is 24.3 Å². The first kappa shape index (κ1) is 11.4. The maximum atomic E-state index is 6.29. The van der Waals surface area contributed by atoms with Crippen LogP contribution in [0.3, 0.4) is 0 Å². The predicted molar refractivity (Wildman–Crippen MR) is 68.5 cm³/mol. The van der Waals surface area contributed by atoms with Crippen LogP contribution in [0, 0.1) is 5.92 Å². The summed E-state index contributed by atoms with van der Waals surface area (Å²) in [6.07, 6.45) is 1.18. The number of fused-ring (bicyclic) bond motifs is 1.